The number of ether oxygens (including phenoxy) is 3. The molecule has 1 aliphatic carbocycles. The molecular formula is C16H22O5. The maximum atomic E-state index is 12.2. The fourth-order valence-corrected chi connectivity index (χ4v) is 3.60. The molecule has 2 heterocycles. The maximum absolute atomic E-state index is 12.2. The lowest BCUT2D eigenvalue weighted by Gasteiger charge is -2.58. The van der Waals surface area contributed by atoms with Crippen LogP contribution >= 0.6 is 0 Å². The van der Waals surface area contributed by atoms with Crippen LogP contribution in [-0.2, 0) is 20.8 Å². The molecule has 0 aromatic carbocycles. The first-order valence-electron chi connectivity index (χ1n) is 7.44. The highest BCUT2D eigenvalue weighted by Gasteiger charge is 2.60. The van der Waals surface area contributed by atoms with E-state index in [0.29, 0.717) is 18.3 Å². The van der Waals surface area contributed by atoms with E-state index in [0.717, 1.165) is 19.4 Å². The number of methoxy groups -OCH3 is 1. The van der Waals surface area contributed by atoms with Gasteiger partial charge in [0.2, 0.25) is 5.76 Å². The Morgan fingerprint density at radius 2 is 2.24 bits per heavy atom. The second-order valence-electron chi connectivity index (χ2n) is 6.44. The normalized spacial score (nSPS) is 30.3. The number of rotatable bonds is 4. The summed E-state index contributed by atoms with van der Waals surface area (Å²) in [6, 6.07) is 3.37. The molecule has 1 aliphatic heterocycles. The molecule has 3 rings (SSSR count). The van der Waals surface area contributed by atoms with Crippen LogP contribution in [0, 0.1) is 11.3 Å². The van der Waals surface area contributed by atoms with Crippen LogP contribution in [0.15, 0.2) is 16.5 Å². The molecule has 5 heteroatoms. The smallest absolute Gasteiger partial charge is 0.374 e. The van der Waals surface area contributed by atoms with Crippen molar-refractivity contribution in [2.24, 2.45) is 11.3 Å². The molecule has 3 atom stereocenters. The molecule has 21 heavy (non-hydrogen) atoms. The highest BCUT2D eigenvalue weighted by atomic mass is 16.6. The monoisotopic (exact) mass is 294 g/mol. The van der Waals surface area contributed by atoms with E-state index >= 15 is 0 Å². The minimum absolute atomic E-state index is 0.105. The van der Waals surface area contributed by atoms with Crippen molar-refractivity contribution in [3.63, 3.8) is 0 Å². The molecule has 2 fully saturated rings. The predicted octanol–water partition coefficient (Wildman–Crippen LogP) is 2.79. The first-order valence-corrected chi connectivity index (χ1v) is 7.44. The molecule has 0 N–H and O–H groups in total. The molecule has 0 radical (unpaired) electrons. The van der Waals surface area contributed by atoms with Crippen molar-refractivity contribution >= 4 is 5.97 Å². The standard InChI is InChI=1S/C16H22O5/c1-16(2)13-11(5-4-8-19-13)14(16)21-15(17)12-7-6-10(20-12)9-18-3/h6-7,11,13-14H,4-5,8-9H2,1-3H3/t11-,13+,14-/m1/s1. The largest absolute Gasteiger partial charge is 0.455 e. The van der Waals surface area contributed by atoms with Crippen LogP contribution in [0.3, 0.4) is 0 Å². The van der Waals surface area contributed by atoms with Crippen LogP contribution in [0.4, 0.5) is 0 Å². The van der Waals surface area contributed by atoms with Gasteiger partial charge < -0.3 is 18.6 Å². The van der Waals surface area contributed by atoms with Gasteiger partial charge in [-0.05, 0) is 25.0 Å². The fraction of sp³-hybridized carbons (Fsp3) is 0.688. The minimum Gasteiger partial charge on any atom is -0.455 e. The molecule has 1 saturated carbocycles. The van der Waals surface area contributed by atoms with Crippen molar-refractivity contribution in [2.45, 2.75) is 45.5 Å². The molecule has 1 saturated heterocycles. The van der Waals surface area contributed by atoms with Gasteiger partial charge in [0.1, 0.15) is 18.5 Å². The number of hydrogen-bond acceptors (Lipinski definition) is 5. The zero-order valence-corrected chi connectivity index (χ0v) is 12.8. The molecule has 0 spiro atoms. The quantitative estimate of drug-likeness (QED) is 0.799. The number of fused-ring (bicyclic) bond motifs is 1. The number of carbonyl (C=O) groups excluding carboxylic acids is 1. The van der Waals surface area contributed by atoms with E-state index in [-0.39, 0.29) is 23.4 Å². The molecule has 116 valence electrons. The van der Waals surface area contributed by atoms with Crippen molar-refractivity contribution in [1.82, 2.24) is 0 Å². The van der Waals surface area contributed by atoms with Gasteiger partial charge in [-0.3, -0.25) is 0 Å². The summed E-state index contributed by atoms with van der Waals surface area (Å²) in [5.41, 5.74) is -0.136. The van der Waals surface area contributed by atoms with E-state index in [9.17, 15) is 4.79 Å². The van der Waals surface area contributed by atoms with Crippen molar-refractivity contribution in [3.05, 3.63) is 23.7 Å². The lowest BCUT2D eigenvalue weighted by atomic mass is 9.57. The summed E-state index contributed by atoms with van der Waals surface area (Å²) in [5, 5.41) is 0. The molecule has 0 unspecified atom stereocenters. The summed E-state index contributed by atoms with van der Waals surface area (Å²) in [5.74, 6) is 0.764. The second-order valence-corrected chi connectivity index (χ2v) is 6.44. The Hall–Kier alpha value is -1.33. The first-order chi connectivity index (χ1) is 10.0. The average Bonchev–Trinajstić information content (AvgIpc) is 2.94. The van der Waals surface area contributed by atoms with Crippen LogP contribution < -0.4 is 0 Å². The van der Waals surface area contributed by atoms with Crippen LogP contribution in [0.25, 0.3) is 0 Å². The van der Waals surface area contributed by atoms with Gasteiger partial charge in [-0.1, -0.05) is 13.8 Å². The lowest BCUT2D eigenvalue weighted by molar-refractivity contribution is -0.243. The summed E-state index contributed by atoms with van der Waals surface area (Å²) in [6.45, 7) is 5.34. The average molecular weight is 294 g/mol. The summed E-state index contributed by atoms with van der Waals surface area (Å²) >= 11 is 0. The van der Waals surface area contributed by atoms with Gasteiger partial charge in [-0.15, -0.1) is 0 Å². The molecular weight excluding hydrogens is 272 g/mol. The Kier molecular flexibility index (Phi) is 3.80. The molecule has 1 aromatic heterocycles. The van der Waals surface area contributed by atoms with E-state index < -0.39 is 5.97 Å². The molecule has 5 nitrogen and oxygen atoms in total. The predicted molar refractivity (Wildman–Crippen MR) is 74.9 cm³/mol. The van der Waals surface area contributed by atoms with E-state index in [1.165, 1.54) is 0 Å². The topological polar surface area (TPSA) is 57.9 Å². The van der Waals surface area contributed by atoms with E-state index in [4.69, 9.17) is 18.6 Å². The lowest BCUT2D eigenvalue weighted by Crippen LogP contribution is -2.65. The molecule has 0 bridgehead atoms. The SMILES string of the molecule is COCc1ccc(C(=O)O[C@@H]2[C@@H]3CCCO[C@@H]3C2(C)C)o1. The Morgan fingerprint density at radius 1 is 1.43 bits per heavy atom. The molecule has 2 aliphatic rings. The first kappa shape index (κ1) is 14.6. The third kappa shape index (κ3) is 2.49. The Morgan fingerprint density at radius 3 is 3.00 bits per heavy atom. The molecule has 1 aromatic rings. The number of furan rings is 1. The zero-order chi connectivity index (χ0) is 15.0. The van der Waals surface area contributed by atoms with Crippen LogP contribution in [-0.4, -0.2) is 31.9 Å². The fourth-order valence-electron chi connectivity index (χ4n) is 3.60. The Labute approximate surface area is 124 Å². The zero-order valence-electron chi connectivity index (χ0n) is 12.8. The second kappa shape index (κ2) is 5.46. The highest BCUT2D eigenvalue weighted by Crippen LogP contribution is 2.53. The summed E-state index contributed by atoms with van der Waals surface area (Å²) in [6.07, 6.45) is 2.18. The van der Waals surface area contributed by atoms with Crippen LogP contribution in [0.2, 0.25) is 0 Å². The van der Waals surface area contributed by atoms with Gasteiger partial charge >= 0.3 is 5.97 Å². The van der Waals surface area contributed by atoms with E-state index in [1.54, 1.807) is 19.2 Å². The summed E-state index contributed by atoms with van der Waals surface area (Å²) in [4.78, 5) is 12.2. The van der Waals surface area contributed by atoms with Gasteiger partial charge in [0.25, 0.3) is 0 Å². The highest BCUT2D eigenvalue weighted by molar-refractivity contribution is 5.86. The van der Waals surface area contributed by atoms with Crippen molar-refractivity contribution in [3.8, 4) is 0 Å². The van der Waals surface area contributed by atoms with Gasteiger partial charge in [0, 0.05) is 25.0 Å². The number of esters is 1. The Balaban J connectivity index is 1.66. The van der Waals surface area contributed by atoms with Crippen molar-refractivity contribution in [1.29, 1.82) is 0 Å². The van der Waals surface area contributed by atoms with Gasteiger partial charge in [-0.25, -0.2) is 4.79 Å². The van der Waals surface area contributed by atoms with Crippen molar-refractivity contribution < 1.29 is 23.4 Å². The Bertz CT molecular complexity index is 518. The third-order valence-electron chi connectivity index (χ3n) is 4.61. The summed E-state index contributed by atoms with van der Waals surface area (Å²) in [7, 11) is 1.58. The van der Waals surface area contributed by atoms with Gasteiger partial charge in [0.05, 0.1) is 6.10 Å². The third-order valence-corrected chi connectivity index (χ3v) is 4.61. The maximum Gasteiger partial charge on any atom is 0.374 e. The van der Waals surface area contributed by atoms with Crippen LogP contribution in [0.5, 0.6) is 0 Å². The van der Waals surface area contributed by atoms with Gasteiger partial charge in [-0.2, -0.15) is 0 Å². The summed E-state index contributed by atoms with van der Waals surface area (Å²) < 4.78 is 21.9. The van der Waals surface area contributed by atoms with Crippen LogP contribution in [0.1, 0.15) is 43.0 Å². The van der Waals surface area contributed by atoms with E-state index in [2.05, 4.69) is 13.8 Å². The number of hydrogen-bond donors (Lipinski definition) is 0. The van der Waals surface area contributed by atoms with E-state index in [1.807, 2.05) is 0 Å². The minimum atomic E-state index is -0.403. The molecule has 0 amide bonds. The van der Waals surface area contributed by atoms with Gasteiger partial charge in [0.15, 0.2) is 0 Å². The van der Waals surface area contributed by atoms with Crippen molar-refractivity contribution in [2.75, 3.05) is 13.7 Å². The number of carbonyl (C=O) groups is 1.